The summed E-state index contributed by atoms with van der Waals surface area (Å²) in [5.74, 6) is 0. The van der Waals surface area contributed by atoms with E-state index in [1.165, 1.54) is 80.1 Å². The molecule has 3 heteroatoms. The van der Waals surface area contributed by atoms with Gasteiger partial charge < -0.3 is 4.90 Å². The van der Waals surface area contributed by atoms with Gasteiger partial charge >= 0.3 is 0 Å². The summed E-state index contributed by atoms with van der Waals surface area (Å²) in [6.45, 7) is 0. The van der Waals surface area contributed by atoms with Crippen LogP contribution in [0.25, 0.3) is 85.6 Å². The van der Waals surface area contributed by atoms with Crippen LogP contribution in [0.5, 0.6) is 0 Å². The second-order valence-electron chi connectivity index (χ2n) is 13.9. The highest BCUT2D eigenvalue weighted by molar-refractivity contribution is 7.25. The van der Waals surface area contributed by atoms with Crippen LogP contribution in [-0.2, 0) is 0 Å². The lowest BCUT2D eigenvalue weighted by molar-refractivity contribution is 1.29. The van der Waals surface area contributed by atoms with Crippen molar-refractivity contribution in [1.82, 2.24) is 4.98 Å². The van der Waals surface area contributed by atoms with Crippen molar-refractivity contribution in [3.63, 3.8) is 0 Å². The van der Waals surface area contributed by atoms with Crippen molar-refractivity contribution in [1.29, 1.82) is 0 Å². The summed E-state index contributed by atoms with van der Waals surface area (Å²) in [4.78, 5) is 7.16. The quantitative estimate of drug-likeness (QED) is 0.166. The first-order valence-electron chi connectivity index (χ1n) is 18.4. The Labute approximate surface area is 316 Å². The van der Waals surface area contributed by atoms with Gasteiger partial charge in [0.2, 0.25) is 0 Å². The van der Waals surface area contributed by atoms with Gasteiger partial charge in [-0.1, -0.05) is 121 Å². The molecule has 9 aromatic carbocycles. The van der Waals surface area contributed by atoms with Gasteiger partial charge in [-0.05, 0) is 132 Å². The van der Waals surface area contributed by atoms with Gasteiger partial charge in [0, 0.05) is 33.3 Å². The second kappa shape index (κ2) is 12.4. The van der Waals surface area contributed by atoms with E-state index in [9.17, 15) is 0 Å². The molecule has 11 rings (SSSR count). The van der Waals surface area contributed by atoms with Crippen LogP contribution in [-0.4, -0.2) is 4.98 Å². The summed E-state index contributed by atoms with van der Waals surface area (Å²) in [7, 11) is 0. The Morgan fingerprint density at radius 3 is 1.39 bits per heavy atom. The molecule has 0 spiro atoms. The number of hydrogen-bond donors (Lipinski definition) is 0. The molecule has 0 saturated carbocycles. The Bertz CT molecular complexity index is 3050. The van der Waals surface area contributed by atoms with Crippen LogP contribution in [0.3, 0.4) is 0 Å². The monoisotopic (exact) mass is 704 g/mol. The number of aromatic nitrogens is 1. The summed E-state index contributed by atoms with van der Waals surface area (Å²) in [5.41, 5.74) is 9.22. The van der Waals surface area contributed by atoms with Gasteiger partial charge in [-0.3, -0.25) is 4.98 Å². The Morgan fingerprint density at radius 2 is 0.833 bits per heavy atom. The molecule has 0 aliphatic heterocycles. The molecule has 0 atom stereocenters. The van der Waals surface area contributed by atoms with Crippen molar-refractivity contribution in [3.05, 3.63) is 194 Å². The number of nitrogens with zero attached hydrogens (tertiary/aromatic N) is 2. The molecule has 0 bridgehead atoms. The maximum Gasteiger partial charge on any atom is 0.0889 e. The fourth-order valence-corrected chi connectivity index (χ4v) is 9.38. The maximum atomic E-state index is 4.79. The van der Waals surface area contributed by atoms with Gasteiger partial charge in [-0.25, -0.2) is 0 Å². The normalized spacial score (nSPS) is 11.7. The highest BCUT2D eigenvalue weighted by Gasteiger charge is 2.17. The van der Waals surface area contributed by atoms with Crippen LogP contribution in [0.4, 0.5) is 17.1 Å². The zero-order chi connectivity index (χ0) is 35.6. The summed E-state index contributed by atoms with van der Waals surface area (Å²) < 4.78 is 2.44. The molecule has 0 amide bonds. The molecule has 252 valence electrons. The maximum absolute atomic E-state index is 4.79. The fourth-order valence-electron chi connectivity index (χ4n) is 8.34. The highest BCUT2D eigenvalue weighted by atomic mass is 32.1. The largest absolute Gasteiger partial charge is 0.310 e. The van der Waals surface area contributed by atoms with Crippen LogP contribution in [0.2, 0.25) is 0 Å². The van der Waals surface area contributed by atoms with E-state index in [0.29, 0.717) is 0 Å². The lowest BCUT2D eigenvalue weighted by atomic mass is 9.93. The van der Waals surface area contributed by atoms with Gasteiger partial charge in [-0.15, -0.1) is 11.3 Å². The molecular weight excluding hydrogens is 673 g/mol. The molecule has 0 unspecified atom stereocenters. The van der Waals surface area contributed by atoms with E-state index in [2.05, 4.69) is 187 Å². The summed E-state index contributed by atoms with van der Waals surface area (Å²) in [5, 5.41) is 11.3. The van der Waals surface area contributed by atoms with Crippen LogP contribution in [0.15, 0.2) is 194 Å². The SMILES string of the molecule is c1ccc2c(c1)cc(-c1ccc(N(c3ccc(-c4cc5ccccc5c5ccccc45)cc3)c3ccc4sc5cccnc5c4c3)cc1)c1ccccc12. The van der Waals surface area contributed by atoms with Crippen molar-refractivity contribution in [2.45, 2.75) is 0 Å². The molecule has 0 saturated heterocycles. The Hall–Kier alpha value is -6.81. The van der Waals surface area contributed by atoms with E-state index >= 15 is 0 Å². The second-order valence-corrected chi connectivity index (χ2v) is 15.0. The first-order valence-corrected chi connectivity index (χ1v) is 19.2. The zero-order valence-electron chi connectivity index (χ0n) is 29.3. The third-order valence-corrected chi connectivity index (χ3v) is 12.0. The number of hydrogen-bond acceptors (Lipinski definition) is 3. The number of anilines is 3. The van der Waals surface area contributed by atoms with Crippen molar-refractivity contribution in [2.75, 3.05) is 4.90 Å². The van der Waals surface area contributed by atoms with Gasteiger partial charge in [0.25, 0.3) is 0 Å². The molecular formula is C51H32N2S. The van der Waals surface area contributed by atoms with E-state index in [1.54, 1.807) is 11.3 Å². The van der Waals surface area contributed by atoms with Crippen molar-refractivity contribution in [3.8, 4) is 22.3 Å². The Balaban J connectivity index is 1.06. The van der Waals surface area contributed by atoms with E-state index in [1.807, 2.05) is 12.3 Å². The van der Waals surface area contributed by atoms with Crippen molar-refractivity contribution < 1.29 is 0 Å². The molecule has 0 aliphatic carbocycles. The summed E-state index contributed by atoms with van der Waals surface area (Å²) in [6, 6.07) is 68.7. The van der Waals surface area contributed by atoms with Crippen LogP contribution >= 0.6 is 11.3 Å². The van der Waals surface area contributed by atoms with Gasteiger partial charge in [0.15, 0.2) is 0 Å². The van der Waals surface area contributed by atoms with Crippen LogP contribution in [0, 0.1) is 0 Å². The molecule has 0 aliphatic rings. The van der Waals surface area contributed by atoms with E-state index < -0.39 is 0 Å². The van der Waals surface area contributed by atoms with Gasteiger partial charge in [0.05, 0.1) is 10.2 Å². The summed E-state index contributed by atoms with van der Waals surface area (Å²) in [6.07, 6.45) is 1.89. The van der Waals surface area contributed by atoms with Crippen molar-refractivity contribution in [2.24, 2.45) is 0 Å². The lowest BCUT2D eigenvalue weighted by Crippen LogP contribution is -2.09. The van der Waals surface area contributed by atoms with Gasteiger partial charge in [0.1, 0.15) is 0 Å². The molecule has 2 aromatic heterocycles. The Morgan fingerprint density at radius 1 is 0.352 bits per heavy atom. The van der Waals surface area contributed by atoms with Gasteiger partial charge in [-0.2, -0.15) is 0 Å². The molecule has 0 N–H and O–H groups in total. The molecule has 54 heavy (non-hydrogen) atoms. The van der Waals surface area contributed by atoms with E-state index in [0.717, 1.165) is 22.6 Å². The smallest absolute Gasteiger partial charge is 0.0889 e. The third-order valence-electron chi connectivity index (χ3n) is 10.9. The molecule has 0 radical (unpaired) electrons. The summed E-state index contributed by atoms with van der Waals surface area (Å²) >= 11 is 1.79. The first kappa shape index (κ1) is 30.8. The number of benzene rings is 9. The zero-order valence-corrected chi connectivity index (χ0v) is 30.1. The first-order chi connectivity index (χ1) is 26.8. The standard InChI is InChI=1S/C51H32N2S/c1-3-12-40-35(10-1)30-46(44-16-7-5-14-42(40)44)33-19-23-37(24-20-33)53(39-27-28-49-48(32-39)51-50(54-49)18-9-29-52-51)38-25-21-34(22-26-38)47-31-36-11-2-4-13-41(36)43-15-6-8-17-45(43)47/h1-32H. The predicted octanol–water partition coefficient (Wildman–Crippen LogP) is 14.9. The average molecular weight is 705 g/mol. The lowest BCUT2D eigenvalue weighted by Gasteiger charge is -2.26. The van der Waals surface area contributed by atoms with E-state index in [-0.39, 0.29) is 0 Å². The minimum Gasteiger partial charge on any atom is -0.310 e. The number of rotatable bonds is 5. The molecule has 2 heterocycles. The predicted molar refractivity (Wildman–Crippen MR) is 233 cm³/mol. The van der Waals surface area contributed by atoms with E-state index in [4.69, 9.17) is 4.98 Å². The number of fused-ring (bicyclic) bond motifs is 9. The number of thiophene rings is 1. The minimum absolute atomic E-state index is 1.05. The van der Waals surface area contributed by atoms with Crippen molar-refractivity contribution >= 4 is 91.8 Å². The molecule has 0 fully saturated rings. The minimum atomic E-state index is 1.05. The fraction of sp³-hybridized carbons (Fsp3) is 0. The van der Waals surface area contributed by atoms with Crippen LogP contribution < -0.4 is 4.90 Å². The average Bonchev–Trinajstić information content (AvgIpc) is 3.62. The topological polar surface area (TPSA) is 16.1 Å². The Kier molecular flexibility index (Phi) is 7.07. The third kappa shape index (κ3) is 4.97. The molecule has 11 aromatic rings. The van der Waals surface area contributed by atoms with Crippen LogP contribution in [0.1, 0.15) is 0 Å². The molecule has 2 nitrogen and oxygen atoms in total. The highest BCUT2D eigenvalue weighted by Crippen LogP contribution is 2.43. The number of pyridine rings is 1.